The Morgan fingerprint density at radius 2 is 2.11 bits per heavy atom. The Bertz CT molecular complexity index is 483. The molecule has 6 heteroatoms. The van der Waals surface area contributed by atoms with Crippen LogP contribution in [0.4, 0.5) is 13.2 Å². The lowest BCUT2D eigenvalue weighted by Crippen LogP contribution is -2.20. The Hall–Kier alpha value is -1.49. The van der Waals surface area contributed by atoms with Crippen molar-refractivity contribution in [3.8, 4) is 0 Å². The average molecular weight is 292 g/mol. The summed E-state index contributed by atoms with van der Waals surface area (Å²) in [6.45, 7) is 1.83. The van der Waals surface area contributed by atoms with Crippen molar-refractivity contribution in [2.45, 2.75) is 19.5 Å². The third-order valence-corrected chi connectivity index (χ3v) is 2.65. The van der Waals surface area contributed by atoms with E-state index < -0.39 is 11.7 Å². The van der Waals surface area contributed by atoms with Crippen LogP contribution >= 0.6 is 11.6 Å². The first kappa shape index (κ1) is 15.6. The van der Waals surface area contributed by atoms with Crippen molar-refractivity contribution < 1.29 is 18.0 Å². The van der Waals surface area contributed by atoms with Gasteiger partial charge in [0.2, 0.25) is 5.91 Å². The molecule has 0 aliphatic carbocycles. The second-order valence-electron chi connectivity index (χ2n) is 3.91. The largest absolute Gasteiger partial charge is 0.416 e. The number of rotatable bonds is 4. The van der Waals surface area contributed by atoms with Crippen LogP contribution in [0, 0.1) is 0 Å². The van der Waals surface area contributed by atoms with Gasteiger partial charge in [0, 0.05) is 18.5 Å². The Morgan fingerprint density at radius 1 is 1.42 bits per heavy atom. The third-order valence-electron chi connectivity index (χ3n) is 2.31. The summed E-state index contributed by atoms with van der Waals surface area (Å²) in [7, 11) is 0. The van der Waals surface area contributed by atoms with Crippen LogP contribution in [-0.2, 0) is 11.0 Å². The lowest BCUT2D eigenvalue weighted by Gasteiger charge is -2.08. The van der Waals surface area contributed by atoms with E-state index in [1.54, 1.807) is 6.08 Å². The van der Waals surface area contributed by atoms with Gasteiger partial charge in [-0.3, -0.25) is 4.79 Å². The predicted octanol–water partition coefficient (Wildman–Crippen LogP) is 3.90. The second kappa shape index (κ2) is 6.61. The molecule has 19 heavy (non-hydrogen) atoms. The van der Waals surface area contributed by atoms with Gasteiger partial charge in [-0.05, 0) is 30.2 Å². The predicted molar refractivity (Wildman–Crippen MR) is 68.8 cm³/mol. The van der Waals surface area contributed by atoms with Gasteiger partial charge in [-0.2, -0.15) is 13.2 Å². The molecule has 1 rings (SSSR count). The Labute approximate surface area is 114 Å². The van der Waals surface area contributed by atoms with Gasteiger partial charge in [-0.25, -0.2) is 0 Å². The van der Waals surface area contributed by atoms with Gasteiger partial charge in [-0.1, -0.05) is 23.8 Å². The van der Waals surface area contributed by atoms with Gasteiger partial charge in [0.15, 0.2) is 0 Å². The molecule has 1 N–H and O–H groups in total. The normalized spacial score (nSPS) is 11.8. The fraction of sp³-hybridized carbons (Fsp3) is 0.308. The van der Waals surface area contributed by atoms with Crippen LogP contribution in [0.5, 0.6) is 0 Å². The quantitative estimate of drug-likeness (QED) is 0.838. The van der Waals surface area contributed by atoms with Crippen molar-refractivity contribution in [2.24, 2.45) is 0 Å². The topological polar surface area (TPSA) is 29.1 Å². The lowest BCUT2D eigenvalue weighted by atomic mass is 10.1. The minimum atomic E-state index is -4.39. The van der Waals surface area contributed by atoms with E-state index in [-0.39, 0.29) is 10.9 Å². The summed E-state index contributed by atoms with van der Waals surface area (Å²) in [5.74, 6) is -0.148. The molecule has 1 aromatic rings. The van der Waals surface area contributed by atoms with Crippen molar-refractivity contribution in [2.75, 3.05) is 6.54 Å². The molecule has 0 bridgehead atoms. The number of benzene rings is 1. The van der Waals surface area contributed by atoms with Crippen LogP contribution in [0.25, 0.3) is 6.08 Å². The maximum atomic E-state index is 12.5. The highest BCUT2D eigenvalue weighted by Gasteiger charge is 2.30. The SMILES string of the molecule is CC(=O)NCCC=Cc1cc(C(F)(F)F)ccc1Cl. The summed E-state index contributed by atoms with van der Waals surface area (Å²) >= 11 is 5.82. The molecule has 0 atom stereocenters. The third kappa shape index (κ3) is 5.34. The minimum Gasteiger partial charge on any atom is -0.356 e. The first-order valence-corrected chi connectivity index (χ1v) is 5.96. The van der Waals surface area contributed by atoms with Gasteiger partial charge in [0.25, 0.3) is 0 Å². The summed E-state index contributed by atoms with van der Waals surface area (Å²) in [4.78, 5) is 10.6. The number of nitrogens with one attached hydrogen (secondary N) is 1. The molecule has 0 aromatic heterocycles. The fourth-order valence-corrected chi connectivity index (χ4v) is 1.57. The highest BCUT2D eigenvalue weighted by atomic mass is 35.5. The first-order chi connectivity index (χ1) is 8.80. The number of carbonyl (C=O) groups is 1. The molecule has 2 nitrogen and oxygen atoms in total. The standard InChI is InChI=1S/C13H13ClF3NO/c1-9(19)18-7-3-2-4-10-8-11(13(15,16)17)5-6-12(10)14/h2,4-6,8H,3,7H2,1H3,(H,18,19). The van der Waals surface area contributed by atoms with E-state index in [4.69, 9.17) is 11.6 Å². The summed E-state index contributed by atoms with van der Waals surface area (Å²) < 4.78 is 37.6. The van der Waals surface area contributed by atoms with Gasteiger partial charge >= 0.3 is 6.18 Å². The van der Waals surface area contributed by atoms with E-state index in [9.17, 15) is 18.0 Å². The summed E-state index contributed by atoms with van der Waals surface area (Å²) in [6, 6.07) is 3.16. The molecule has 0 fully saturated rings. The molecule has 0 spiro atoms. The zero-order valence-corrected chi connectivity index (χ0v) is 11.0. The molecule has 0 saturated carbocycles. The van der Waals surface area contributed by atoms with Crippen LogP contribution < -0.4 is 5.32 Å². The van der Waals surface area contributed by atoms with Crippen molar-refractivity contribution in [3.05, 3.63) is 40.4 Å². The van der Waals surface area contributed by atoms with Gasteiger partial charge in [0.1, 0.15) is 0 Å². The highest BCUT2D eigenvalue weighted by molar-refractivity contribution is 6.32. The Kier molecular flexibility index (Phi) is 5.42. The molecule has 0 heterocycles. The van der Waals surface area contributed by atoms with Gasteiger partial charge in [-0.15, -0.1) is 0 Å². The van der Waals surface area contributed by atoms with E-state index in [1.165, 1.54) is 19.1 Å². The molecule has 0 aliphatic heterocycles. The van der Waals surface area contributed by atoms with E-state index in [0.717, 1.165) is 12.1 Å². The van der Waals surface area contributed by atoms with Crippen molar-refractivity contribution >= 4 is 23.6 Å². The molecular formula is C13H13ClF3NO. The van der Waals surface area contributed by atoms with Gasteiger partial charge < -0.3 is 5.32 Å². The molecule has 0 unspecified atom stereocenters. The molecule has 0 saturated heterocycles. The number of amides is 1. The van der Waals surface area contributed by atoms with Crippen molar-refractivity contribution in [3.63, 3.8) is 0 Å². The number of hydrogen-bond acceptors (Lipinski definition) is 1. The molecule has 0 aliphatic rings. The summed E-state index contributed by atoms with van der Waals surface area (Å²) in [6.07, 6.45) is -0.688. The van der Waals surface area contributed by atoms with E-state index in [0.29, 0.717) is 18.5 Å². The average Bonchev–Trinajstić information content (AvgIpc) is 2.29. The van der Waals surface area contributed by atoms with Crippen LogP contribution in [0.1, 0.15) is 24.5 Å². The molecule has 1 aromatic carbocycles. The second-order valence-corrected chi connectivity index (χ2v) is 4.32. The zero-order chi connectivity index (χ0) is 14.5. The smallest absolute Gasteiger partial charge is 0.356 e. The molecule has 1 amide bonds. The van der Waals surface area contributed by atoms with Gasteiger partial charge in [0.05, 0.1) is 5.56 Å². The number of hydrogen-bond donors (Lipinski definition) is 1. The minimum absolute atomic E-state index is 0.148. The van der Waals surface area contributed by atoms with Crippen molar-refractivity contribution in [1.82, 2.24) is 5.32 Å². The fourth-order valence-electron chi connectivity index (χ4n) is 1.39. The van der Waals surface area contributed by atoms with Crippen LogP contribution in [-0.4, -0.2) is 12.5 Å². The monoisotopic (exact) mass is 291 g/mol. The molecule has 0 radical (unpaired) electrons. The maximum absolute atomic E-state index is 12.5. The van der Waals surface area contributed by atoms with E-state index in [1.807, 2.05) is 0 Å². The van der Waals surface area contributed by atoms with Crippen LogP contribution in [0.2, 0.25) is 5.02 Å². The number of halogens is 4. The number of carbonyl (C=O) groups excluding carboxylic acids is 1. The zero-order valence-electron chi connectivity index (χ0n) is 10.2. The van der Waals surface area contributed by atoms with Crippen LogP contribution in [0.3, 0.4) is 0 Å². The van der Waals surface area contributed by atoms with E-state index >= 15 is 0 Å². The maximum Gasteiger partial charge on any atom is 0.416 e. The van der Waals surface area contributed by atoms with E-state index in [2.05, 4.69) is 5.32 Å². The highest BCUT2D eigenvalue weighted by Crippen LogP contribution is 2.32. The Morgan fingerprint density at radius 3 is 2.68 bits per heavy atom. The Balaban J connectivity index is 2.72. The lowest BCUT2D eigenvalue weighted by molar-refractivity contribution is -0.137. The summed E-state index contributed by atoms with van der Waals surface area (Å²) in [5.41, 5.74) is -0.433. The van der Waals surface area contributed by atoms with Crippen LogP contribution in [0.15, 0.2) is 24.3 Å². The summed E-state index contributed by atoms with van der Waals surface area (Å²) in [5, 5.41) is 2.83. The molecular weight excluding hydrogens is 279 g/mol. The van der Waals surface area contributed by atoms with Crippen molar-refractivity contribution in [1.29, 1.82) is 0 Å². The molecule has 104 valence electrons. The first-order valence-electron chi connectivity index (χ1n) is 5.58. The number of alkyl halides is 3.